The molecule has 10 heterocycles. The zero-order valence-corrected chi connectivity index (χ0v) is 71.0. The number of carbonyl (C=O) groups excluding carboxylic acids is 14. The van der Waals surface area contributed by atoms with Gasteiger partial charge < -0.3 is 65.7 Å². The predicted octanol–water partition coefficient (Wildman–Crippen LogP) is 14.3. The Morgan fingerprint density at radius 2 is 0.909 bits per heavy atom. The molecule has 2 aliphatic rings. The van der Waals surface area contributed by atoms with Gasteiger partial charge in [-0.05, 0) is 159 Å². The molecule has 14 N–H and O–H groups in total. The van der Waals surface area contributed by atoms with E-state index in [2.05, 4.69) is 112 Å². The van der Waals surface area contributed by atoms with E-state index in [0.717, 1.165) is 46.7 Å². The van der Waals surface area contributed by atoms with Gasteiger partial charge in [-0.15, -0.1) is 73.1 Å². The number of alkyl carbamates (subject to hydrolysis) is 4. The number of aromatic nitrogens is 8. The molecule has 634 valence electrons. The van der Waals surface area contributed by atoms with Crippen LogP contribution in [0.25, 0.3) is 11.0 Å². The monoisotopic (exact) mass is 1790 g/mol. The number of benzene rings is 1. The fourth-order valence-corrected chi connectivity index (χ4v) is 16.2. The Bertz CT molecular complexity index is 5590. The molecule has 45 heteroatoms. The average molecular weight is 1790 g/mol. The first-order valence-corrected chi connectivity index (χ1v) is 42.4. The van der Waals surface area contributed by atoms with Crippen molar-refractivity contribution in [2.75, 3.05) is 64.1 Å². The van der Waals surface area contributed by atoms with E-state index in [9.17, 15) is 67.1 Å². The third-order valence-electron chi connectivity index (χ3n) is 16.9. The number of amides is 14. The molecular formula is C76H79N19O19S7. The van der Waals surface area contributed by atoms with Crippen molar-refractivity contribution < 1.29 is 90.5 Å². The molecule has 2 unspecified atom stereocenters. The van der Waals surface area contributed by atoms with Crippen molar-refractivity contribution in [3.8, 4) is 0 Å². The van der Waals surface area contributed by atoms with Gasteiger partial charge in [0.05, 0.1) is 70.8 Å². The van der Waals surface area contributed by atoms with Gasteiger partial charge in [-0.1, -0.05) is 44.6 Å². The quantitative estimate of drug-likeness (QED) is 0.0235. The highest BCUT2D eigenvalue weighted by molar-refractivity contribution is 7.71. The molecule has 0 radical (unpaired) electrons. The lowest BCUT2D eigenvalue weighted by Crippen LogP contribution is -2.31. The van der Waals surface area contributed by atoms with Crippen molar-refractivity contribution in [2.24, 2.45) is 17.8 Å². The number of H-pyrrole nitrogens is 2. The molecule has 1 aromatic carbocycles. The number of fused-ring (bicyclic) bond motifs is 2. The number of thiophene rings is 5. The van der Waals surface area contributed by atoms with E-state index in [1.807, 2.05) is 13.8 Å². The van der Waals surface area contributed by atoms with Gasteiger partial charge in [-0.2, -0.15) is 0 Å². The number of pyridine rings is 1. The standard InChI is InChI=1S/C20H26N4O3S.C16H14N4O4S2.C14H14N4O4S.C13H12N4O4S.C13H13N3O4S2/c1-11(2)18-23-24-20(27-18)22-17(26)15-7-8-28-19(15)21-16(25)14-9-12-5-3-4-6-13(12)10-14;1-2-24-16(23)20-13(22)9-5-6-26-14(9)19-12(21)8-3-4-10-11(7-8)18-15(25)17-10;1-2-22-14(21)18-12(20)9-4-6-23-13(9)17-11(19)8-3-5-16-10(15)7-8;1-2-21-13(20)17-11(19)9-3-4-22-12(9)16-10(18)8-5-14-7-15-6-8;1-3-20-13(19)16-9(17)8-4-5-21-11(8)15-10(18)12-14-7(2)6-22-12/h7-8,11-14H,3-6,9-10H2,1-2H3,(H,21,25)(H,22,24,26);3-7H,2H2,1H3,(H,19,21)(H2,17,18,25)(H,20,22,23);3-7H,2H2,1H3,(H2,15,16)(H,17,19)(H,18,20,21);3-7H,2H2,1H3,(H,16,18)(H,17,19,20);4-6H,3H2,1-2H3,(H,15,18)(H,16,17,19). The van der Waals surface area contributed by atoms with Gasteiger partial charge in [-0.3, -0.25) is 74.5 Å². The molecule has 0 saturated heterocycles. The third kappa shape index (κ3) is 26.9. The number of aromatic amines is 2. The van der Waals surface area contributed by atoms with Crippen LogP contribution >= 0.6 is 80.2 Å². The van der Waals surface area contributed by atoms with Crippen LogP contribution in [-0.2, 0) is 23.7 Å². The molecule has 10 aromatic heterocycles. The molecule has 0 aliphatic heterocycles. The Hall–Kier alpha value is -13.2. The summed E-state index contributed by atoms with van der Waals surface area (Å²) in [6.07, 6.45) is 9.12. The van der Waals surface area contributed by atoms with Crippen LogP contribution in [0.4, 0.5) is 56.0 Å². The van der Waals surface area contributed by atoms with E-state index in [0.29, 0.717) is 74.7 Å². The number of hydrogen-bond donors (Lipinski definition) is 13. The molecule has 0 spiro atoms. The van der Waals surface area contributed by atoms with E-state index >= 15 is 0 Å². The summed E-state index contributed by atoms with van der Waals surface area (Å²) in [5.41, 5.74) is 9.86. The Balaban J connectivity index is 0.000000173. The Kier molecular flexibility index (Phi) is 34.2. The molecule has 2 aliphatic carbocycles. The number of ether oxygens (including phenoxy) is 4. The van der Waals surface area contributed by atoms with Crippen LogP contribution in [0, 0.1) is 29.4 Å². The maximum Gasteiger partial charge on any atom is 0.414 e. The summed E-state index contributed by atoms with van der Waals surface area (Å²) >= 11 is 12.3. The van der Waals surface area contributed by atoms with Gasteiger partial charge in [0, 0.05) is 52.6 Å². The summed E-state index contributed by atoms with van der Waals surface area (Å²) in [4.78, 5) is 189. The van der Waals surface area contributed by atoms with Crippen molar-refractivity contribution in [3.05, 3.63) is 184 Å². The molecule has 121 heavy (non-hydrogen) atoms. The summed E-state index contributed by atoms with van der Waals surface area (Å²) in [5, 5.41) is 44.4. The van der Waals surface area contributed by atoms with Crippen molar-refractivity contribution >= 4 is 212 Å². The lowest BCUT2D eigenvalue weighted by Gasteiger charge is -2.24. The second-order valence-corrected chi connectivity index (χ2v) is 31.4. The summed E-state index contributed by atoms with van der Waals surface area (Å²) < 4.78 is 24.5. The van der Waals surface area contributed by atoms with Gasteiger partial charge in [0.15, 0.2) is 9.78 Å². The number of imide groups is 4. The SMILES string of the molecule is CC(C)c1nnc(NC(=O)c2ccsc2NC(=O)C2CC3CCCCC3C2)o1.CCOC(=O)NC(=O)c1ccsc1NC(=O)c1ccc2[nH]c(=S)[nH]c2c1.CCOC(=O)NC(=O)c1ccsc1NC(=O)c1ccnc(N)c1.CCOC(=O)NC(=O)c1ccsc1NC(=O)c1cncnc1.CCOC(=O)NC(=O)c1ccsc1NC(=O)c1nc(C)cs1. The van der Waals surface area contributed by atoms with Crippen LogP contribution in [0.5, 0.6) is 0 Å². The third-order valence-corrected chi connectivity index (χ3v) is 22.2. The minimum atomic E-state index is -0.845. The Morgan fingerprint density at radius 3 is 1.32 bits per heavy atom. The Morgan fingerprint density at radius 1 is 0.496 bits per heavy atom. The topological polar surface area (TPSA) is 544 Å². The number of nitrogen functional groups attached to an aromatic ring is 1. The number of imidazole rings is 1. The smallest absolute Gasteiger partial charge is 0.414 e. The maximum atomic E-state index is 12.8. The van der Waals surface area contributed by atoms with Crippen LogP contribution in [0.3, 0.4) is 0 Å². The van der Waals surface area contributed by atoms with E-state index in [1.165, 1.54) is 132 Å². The minimum absolute atomic E-state index is 0.0331. The first-order valence-electron chi connectivity index (χ1n) is 36.7. The van der Waals surface area contributed by atoms with Gasteiger partial charge >= 0.3 is 30.4 Å². The number of thiazole rings is 1. The molecule has 0 bridgehead atoms. The fourth-order valence-electron chi connectivity index (χ4n) is 11.4. The maximum absolute atomic E-state index is 12.8. The number of rotatable bonds is 21. The number of carbonyl (C=O) groups is 14. The molecule has 38 nitrogen and oxygen atoms in total. The van der Waals surface area contributed by atoms with E-state index in [1.54, 1.807) is 91.2 Å². The predicted molar refractivity (Wildman–Crippen MR) is 456 cm³/mol. The second kappa shape index (κ2) is 45.1. The molecule has 11 aromatic rings. The fraction of sp³-hybridized carbons (Fsp3) is 0.276. The van der Waals surface area contributed by atoms with E-state index < -0.39 is 65.7 Å². The first kappa shape index (κ1) is 91.7. The Labute approximate surface area is 717 Å². The van der Waals surface area contributed by atoms with Gasteiger partial charge in [0.1, 0.15) is 37.2 Å². The highest BCUT2D eigenvalue weighted by Crippen LogP contribution is 2.46. The highest BCUT2D eigenvalue weighted by atomic mass is 32.1. The largest absolute Gasteiger partial charge is 0.450 e. The highest BCUT2D eigenvalue weighted by Gasteiger charge is 2.39. The summed E-state index contributed by atoms with van der Waals surface area (Å²) in [6, 6.07) is 15.7. The van der Waals surface area contributed by atoms with Crippen molar-refractivity contribution in [1.82, 2.24) is 61.4 Å². The normalized spacial score (nSPS) is 13.4. The molecule has 13 rings (SSSR count). The molecule has 2 saturated carbocycles. The lowest BCUT2D eigenvalue weighted by molar-refractivity contribution is -0.119. The molecule has 2 fully saturated rings. The molecular weight excluding hydrogens is 1710 g/mol. The van der Waals surface area contributed by atoms with Crippen LogP contribution in [0.15, 0.2) is 122 Å². The van der Waals surface area contributed by atoms with E-state index in [4.69, 9.17) is 22.4 Å². The van der Waals surface area contributed by atoms with Gasteiger partial charge in [-0.25, -0.2) is 39.1 Å². The number of nitrogens with one attached hydrogen (secondary N) is 12. The van der Waals surface area contributed by atoms with Crippen LogP contribution in [-0.4, -0.2) is 150 Å². The number of nitrogens with two attached hydrogens (primary N) is 1. The van der Waals surface area contributed by atoms with Crippen molar-refractivity contribution in [2.45, 2.75) is 92.9 Å². The van der Waals surface area contributed by atoms with Crippen LogP contribution < -0.4 is 58.9 Å². The summed E-state index contributed by atoms with van der Waals surface area (Å²) in [5.74, 6) is -2.39. The van der Waals surface area contributed by atoms with Gasteiger partial charge in [0.25, 0.3) is 53.2 Å². The number of hydrogen-bond acceptors (Lipinski definition) is 33. The average Bonchev–Trinajstić information content (AvgIpc) is 1.67. The second-order valence-electron chi connectivity index (χ2n) is 25.6. The zero-order valence-electron chi connectivity index (χ0n) is 65.3. The van der Waals surface area contributed by atoms with Gasteiger partial charge in [0.2, 0.25) is 11.8 Å². The van der Waals surface area contributed by atoms with Crippen molar-refractivity contribution in [3.63, 3.8) is 0 Å². The van der Waals surface area contributed by atoms with Crippen LogP contribution in [0.2, 0.25) is 0 Å². The molecule has 14 amide bonds. The molecule has 2 atom stereocenters. The number of anilines is 7. The van der Waals surface area contributed by atoms with Crippen molar-refractivity contribution in [1.29, 1.82) is 0 Å². The van der Waals surface area contributed by atoms with Crippen LogP contribution in [0.1, 0.15) is 190 Å². The number of aryl methyl sites for hydroxylation is 1. The first-order chi connectivity index (χ1) is 58.1. The summed E-state index contributed by atoms with van der Waals surface area (Å²) in [7, 11) is 0. The summed E-state index contributed by atoms with van der Waals surface area (Å²) in [6.45, 7) is 12.8. The zero-order chi connectivity index (χ0) is 87.2. The lowest BCUT2D eigenvalue weighted by atomic mass is 9.82. The number of nitrogens with zero attached hydrogens (tertiary/aromatic N) is 6. The van der Waals surface area contributed by atoms with E-state index in [-0.39, 0.29) is 95.6 Å². The minimum Gasteiger partial charge on any atom is -0.450 e.